The lowest BCUT2D eigenvalue weighted by atomic mass is 9.98. The molecule has 0 aliphatic carbocycles. The molecule has 5 rings (SSSR count). The van der Waals surface area contributed by atoms with E-state index in [4.69, 9.17) is 13.9 Å². The van der Waals surface area contributed by atoms with Crippen molar-refractivity contribution in [2.75, 3.05) is 18.6 Å². The Kier molecular flexibility index (Phi) is 5.71. The predicted molar refractivity (Wildman–Crippen MR) is 134 cm³/mol. The summed E-state index contributed by atoms with van der Waals surface area (Å²) < 4.78 is 17.9. The van der Waals surface area contributed by atoms with Crippen LogP contribution in [0.3, 0.4) is 0 Å². The maximum absolute atomic E-state index is 13.7. The molecule has 2 heterocycles. The highest BCUT2D eigenvalue weighted by Crippen LogP contribution is 2.42. The smallest absolute Gasteiger partial charge is 0.295 e. The summed E-state index contributed by atoms with van der Waals surface area (Å²) in [7, 11) is 1.56. The summed E-state index contributed by atoms with van der Waals surface area (Å²) in [6.45, 7) is 4.02. The van der Waals surface area contributed by atoms with Crippen molar-refractivity contribution in [1.82, 2.24) is 0 Å². The standard InChI is InChI=1S/C27H20BrNO5/c1-3-12-33-20-9-4-6-16(13-20)24-23-25(30)21-14-17(28)10-11-22(21)34-26(23)27(31)29(24)18-7-5-8-19(15-18)32-2/h3-11,13-15,24H,1,12H2,2H3. The number of hydrogen-bond donors (Lipinski definition) is 0. The van der Waals surface area contributed by atoms with Crippen molar-refractivity contribution in [3.8, 4) is 11.5 Å². The summed E-state index contributed by atoms with van der Waals surface area (Å²) in [5.74, 6) is 0.839. The molecule has 0 spiro atoms. The number of anilines is 1. The first-order valence-electron chi connectivity index (χ1n) is 10.6. The van der Waals surface area contributed by atoms with Gasteiger partial charge in [0.15, 0.2) is 5.43 Å². The Hall–Kier alpha value is -3.84. The van der Waals surface area contributed by atoms with Gasteiger partial charge in [-0.25, -0.2) is 0 Å². The van der Waals surface area contributed by atoms with Crippen molar-refractivity contribution in [2.45, 2.75) is 6.04 Å². The van der Waals surface area contributed by atoms with Crippen LogP contribution in [0.15, 0.2) is 93.1 Å². The normalized spacial score (nSPS) is 14.8. The van der Waals surface area contributed by atoms with Gasteiger partial charge in [0.2, 0.25) is 5.76 Å². The van der Waals surface area contributed by atoms with Gasteiger partial charge in [-0.05, 0) is 48.0 Å². The van der Waals surface area contributed by atoms with Gasteiger partial charge in [0.1, 0.15) is 23.7 Å². The summed E-state index contributed by atoms with van der Waals surface area (Å²) >= 11 is 3.42. The molecule has 6 nitrogen and oxygen atoms in total. The maximum atomic E-state index is 13.7. The van der Waals surface area contributed by atoms with E-state index in [-0.39, 0.29) is 11.2 Å². The van der Waals surface area contributed by atoms with Gasteiger partial charge in [0.25, 0.3) is 5.91 Å². The van der Waals surface area contributed by atoms with Gasteiger partial charge in [-0.15, -0.1) is 0 Å². The third-order valence-electron chi connectivity index (χ3n) is 5.71. The minimum absolute atomic E-state index is 0.0325. The summed E-state index contributed by atoms with van der Waals surface area (Å²) in [6, 6.07) is 19.0. The lowest BCUT2D eigenvalue weighted by Crippen LogP contribution is -2.29. The molecular weight excluding hydrogens is 498 g/mol. The molecule has 1 amide bonds. The van der Waals surface area contributed by atoms with Crippen LogP contribution in [-0.4, -0.2) is 19.6 Å². The highest BCUT2D eigenvalue weighted by Gasteiger charge is 2.43. The number of nitrogens with zero attached hydrogens (tertiary/aromatic N) is 1. The Morgan fingerprint density at radius 1 is 1.06 bits per heavy atom. The molecule has 7 heteroatoms. The van der Waals surface area contributed by atoms with Crippen LogP contribution in [0.2, 0.25) is 0 Å². The van der Waals surface area contributed by atoms with E-state index in [2.05, 4.69) is 22.5 Å². The number of benzene rings is 3. The summed E-state index contributed by atoms with van der Waals surface area (Å²) in [6.07, 6.45) is 1.66. The van der Waals surface area contributed by atoms with E-state index in [9.17, 15) is 9.59 Å². The third-order valence-corrected chi connectivity index (χ3v) is 6.20. The highest BCUT2D eigenvalue weighted by molar-refractivity contribution is 9.10. The number of rotatable bonds is 6. The minimum Gasteiger partial charge on any atom is -0.497 e. The zero-order valence-electron chi connectivity index (χ0n) is 18.3. The van der Waals surface area contributed by atoms with E-state index in [0.29, 0.717) is 40.3 Å². The highest BCUT2D eigenvalue weighted by atomic mass is 79.9. The van der Waals surface area contributed by atoms with E-state index >= 15 is 0 Å². The number of ether oxygens (including phenoxy) is 2. The molecule has 0 radical (unpaired) electrons. The first-order chi connectivity index (χ1) is 16.5. The van der Waals surface area contributed by atoms with Crippen LogP contribution in [-0.2, 0) is 0 Å². The second-order valence-electron chi connectivity index (χ2n) is 7.77. The summed E-state index contributed by atoms with van der Waals surface area (Å²) in [5, 5.41) is 0.400. The number of hydrogen-bond acceptors (Lipinski definition) is 5. The Balaban J connectivity index is 1.77. The van der Waals surface area contributed by atoms with Gasteiger partial charge in [-0.1, -0.05) is 46.8 Å². The number of halogens is 1. The zero-order valence-corrected chi connectivity index (χ0v) is 19.9. The van der Waals surface area contributed by atoms with Crippen molar-refractivity contribution < 1.29 is 18.7 Å². The number of carbonyl (C=O) groups is 1. The van der Waals surface area contributed by atoms with Crippen molar-refractivity contribution >= 4 is 38.5 Å². The van der Waals surface area contributed by atoms with Gasteiger partial charge in [0, 0.05) is 16.2 Å². The van der Waals surface area contributed by atoms with E-state index in [1.807, 2.05) is 24.3 Å². The van der Waals surface area contributed by atoms with Gasteiger partial charge < -0.3 is 13.9 Å². The average molecular weight is 518 g/mol. The Morgan fingerprint density at radius 2 is 1.85 bits per heavy atom. The average Bonchev–Trinajstić information content (AvgIpc) is 3.16. The van der Waals surface area contributed by atoms with Gasteiger partial charge in [0.05, 0.1) is 24.1 Å². The monoisotopic (exact) mass is 517 g/mol. The molecule has 0 bridgehead atoms. The van der Waals surface area contributed by atoms with Crippen LogP contribution in [0.25, 0.3) is 11.0 Å². The summed E-state index contributed by atoms with van der Waals surface area (Å²) in [5.41, 5.74) is 1.70. The zero-order chi connectivity index (χ0) is 23.8. The molecule has 1 aromatic heterocycles. The third kappa shape index (κ3) is 3.68. The Labute approximate surface area is 204 Å². The molecule has 4 aromatic rings. The van der Waals surface area contributed by atoms with Crippen molar-refractivity contribution in [3.05, 3.63) is 111 Å². The maximum Gasteiger partial charge on any atom is 0.295 e. The van der Waals surface area contributed by atoms with E-state index in [1.54, 1.807) is 60.6 Å². The molecule has 0 N–H and O–H groups in total. The molecule has 170 valence electrons. The quantitative estimate of drug-likeness (QED) is 0.299. The number of methoxy groups -OCH3 is 1. The molecule has 1 atom stereocenters. The van der Waals surface area contributed by atoms with Crippen molar-refractivity contribution in [3.63, 3.8) is 0 Å². The van der Waals surface area contributed by atoms with Gasteiger partial charge in [-0.3, -0.25) is 14.5 Å². The van der Waals surface area contributed by atoms with Crippen LogP contribution in [0.1, 0.15) is 27.7 Å². The van der Waals surface area contributed by atoms with E-state index in [0.717, 1.165) is 10.0 Å². The minimum atomic E-state index is -0.707. The summed E-state index contributed by atoms with van der Waals surface area (Å²) in [4.78, 5) is 29.0. The molecule has 1 aliphatic heterocycles. The molecule has 34 heavy (non-hydrogen) atoms. The fraction of sp³-hybridized carbons (Fsp3) is 0.111. The molecule has 1 unspecified atom stereocenters. The Bertz CT molecular complexity index is 1490. The number of carbonyl (C=O) groups excluding carboxylic acids is 1. The lowest BCUT2D eigenvalue weighted by molar-refractivity contribution is 0.0971. The first kappa shape index (κ1) is 22.0. The van der Waals surface area contributed by atoms with Gasteiger partial charge >= 0.3 is 0 Å². The van der Waals surface area contributed by atoms with Crippen LogP contribution in [0, 0.1) is 0 Å². The van der Waals surface area contributed by atoms with Gasteiger partial charge in [-0.2, -0.15) is 0 Å². The van der Waals surface area contributed by atoms with Crippen LogP contribution in [0.4, 0.5) is 5.69 Å². The van der Waals surface area contributed by atoms with E-state index < -0.39 is 11.9 Å². The SMILES string of the molecule is C=CCOc1cccc(C2c3c(oc4ccc(Br)cc4c3=O)C(=O)N2c2cccc(OC)c2)c1. The van der Waals surface area contributed by atoms with Crippen LogP contribution >= 0.6 is 15.9 Å². The van der Waals surface area contributed by atoms with Crippen LogP contribution in [0.5, 0.6) is 11.5 Å². The molecule has 1 aliphatic rings. The van der Waals surface area contributed by atoms with Crippen LogP contribution < -0.4 is 19.8 Å². The molecule has 0 fully saturated rings. The van der Waals surface area contributed by atoms with Crippen molar-refractivity contribution in [2.24, 2.45) is 0 Å². The number of amides is 1. The molecule has 0 saturated carbocycles. The molecule has 3 aromatic carbocycles. The molecule has 0 saturated heterocycles. The molecular formula is C27H20BrNO5. The van der Waals surface area contributed by atoms with Crippen molar-refractivity contribution in [1.29, 1.82) is 0 Å². The fourth-order valence-electron chi connectivity index (χ4n) is 4.22. The second-order valence-corrected chi connectivity index (χ2v) is 8.68. The number of fused-ring (bicyclic) bond motifs is 2. The topological polar surface area (TPSA) is 69.0 Å². The van der Waals surface area contributed by atoms with E-state index in [1.165, 1.54) is 0 Å². The fourth-order valence-corrected chi connectivity index (χ4v) is 4.58. The second kappa shape index (κ2) is 8.83. The Morgan fingerprint density at radius 3 is 2.65 bits per heavy atom. The first-order valence-corrected chi connectivity index (χ1v) is 11.4. The predicted octanol–water partition coefficient (Wildman–Crippen LogP) is 5.88. The lowest BCUT2D eigenvalue weighted by Gasteiger charge is -2.26. The largest absolute Gasteiger partial charge is 0.497 e.